The zero-order chi connectivity index (χ0) is 15.8. The normalized spacial score (nSPS) is 12.4. The van der Waals surface area contributed by atoms with Gasteiger partial charge in [-0.3, -0.25) is 9.59 Å². The van der Waals surface area contributed by atoms with Crippen LogP contribution in [0.15, 0.2) is 0 Å². The van der Waals surface area contributed by atoms with Crippen LogP contribution in [0.4, 0.5) is 0 Å². The molecule has 0 aromatic rings. The number of hydrogen-bond donors (Lipinski definition) is 0. The average Bonchev–Trinajstić information content (AvgIpc) is 2.25. The number of rotatable bonds is 7. The Balaban J connectivity index is 4.51. The average molecular weight is 288 g/mol. The number of ether oxygens (including phenoxy) is 3. The SMILES string of the molecule is CCCCOC(=O)[C@@H](CC(=O)OC(C)(C)C)OC(C)=O. The summed E-state index contributed by atoms with van der Waals surface area (Å²) in [7, 11) is 0. The molecule has 0 fully saturated rings. The van der Waals surface area contributed by atoms with E-state index >= 15 is 0 Å². The molecule has 0 saturated heterocycles. The second-order valence-corrected chi connectivity index (χ2v) is 5.41. The van der Waals surface area contributed by atoms with Gasteiger partial charge in [-0.1, -0.05) is 13.3 Å². The molecule has 0 rings (SSSR count). The summed E-state index contributed by atoms with van der Waals surface area (Å²) < 4.78 is 14.9. The van der Waals surface area contributed by atoms with E-state index in [0.29, 0.717) is 6.42 Å². The second-order valence-electron chi connectivity index (χ2n) is 5.41. The lowest BCUT2D eigenvalue weighted by Gasteiger charge is -2.21. The van der Waals surface area contributed by atoms with Crippen molar-refractivity contribution in [3.63, 3.8) is 0 Å². The van der Waals surface area contributed by atoms with Crippen molar-refractivity contribution >= 4 is 17.9 Å². The summed E-state index contributed by atoms with van der Waals surface area (Å²) >= 11 is 0. The van der Waals surface area contributed by atoms with Gasteiger partial charge in [0, 0.05) is 6.92 Å². The Hall–Kier alpha value is -1.59. The van der Waals surface area contributed by atoms with E-state index in [0.717, 1.165) is 6.42 Å². The van der Waals surface area contributed by atoms with Crippen LogP contribution in [-0.2, 0) is 28.6 Å². The number of hydrogen-bond acceptors (Lipinski definition) is 6. The molecule has 0 aromatic carbocycles. The second kappa shape index (κ2) is 8.55. The Morgan fingerprint density at radius 1 is 1.15 bits per heavy atom. The van der Waals surface area contributed by atoms with Gasteiger partial charge in [-0.25, -0.2) is 4.79 Å². The monoisotopic (exact) mass is 288 g/mol. The zero-order valence-corrected chi connectivity index (χ0v) is 12.9. The molecule has 0 spiro atoms. The van der Waals surface area contributed by atoms with Crippen molar-refractivity contribution in [2.24, 2.45) is 0 Å². The quantitative estimate of drug-likeness (QED) is 0.405. The minimum absolute atomic E-state index is 0.238. The molecule has 6 heteroatoms. The summed E-state index contributed by atoms with van der Waals surface area (Å²) in [5.74, 6) is -1.98. The molecule has 6 nitrogen and oxygen atoms in total. The van der Waals surface area contributed by atoms with Crippen LogP contribution in [0.1, 0.15) is 53.9 Å². The van der Waals surface area contributed by atoms with Crippen molar-refractivity contribution in [1.29, 1.82) is 0 Å². The molecule has 0 aromatic heterocycles. The van der Waals surface area contributed by atoms with E-state index in [1.165, 1.54) is 6.92 Å². The summed E-state index contributed by atoms with van der Waals surface area (Å²) in [6.45, 7) is 8.50. The number of carbonyl (C=O) groups excluding carboxylic acids is 3. The predicted molar refractivity (Wildman–Crippen MR) is 71.9 cm³/mol. The van der Waals surface area contributed by atoms with Gasteiger partial charge in [0.25, 0.3) is 0 Å². The largest absolute Gasteiger partial charge is 0.463 e. The van der Waals surface area contributed by atoms with Gasteiger partial charge < -0.3 is 14.2 Å². The molecular formula is C14H24O6. The first-order chi connectivity index (χ1) is 9.15. The van der Waals surface area contributed by atoms with Gasteiger partial charge in [0.2, 0.25) is 6.10 Å². The Bertz CT molecular complexity index is 342. The first-order valence-corrected chi connectivity index (χ1v) is 6.71. The highest BCUT2D eigenvalue weighted by atomic mass is 16.6. The Morgan fingerprint density at radius 3 is 2.20 bits per heavy atom. The molecule has 1 atom stereocenters. The molecule has 0 aliphatic heterocycles. The molecular weight excluding hydrogens is 264 g/mol. The van der Waals surface area contributed by atoms with Gasteiger partial charge in [0.15, 0.2) is 0 Å². The molecule has 0 heterocycles. The van der Waals surface area contributed by atoms with E-state index in [1.807, 2.05) is 6.92 Å². The van der Waals surface area contributed by atoms with Gasteiger partial charge in [0.05, 0.1) is 13.0 Å². The van der Waals surface area contributed by atoms with Crippen molar-refractivity contribution in [3.05, 3.63) is 0 Å². The van der Waals surface area contributed by atoms with Crippen LogP contribution in [0.2, 0.25) is 0 Å². The molecule has 0 radical (unpaired) electrons. The molecule has 0 amide bonds. The first kappa shape index (κ1) is 18.4. The van der Waals surface area contributed by atoms with Crippen molar-refractivity contribution in [2.45, 2.75) is 65.6 Å². The fraction of sp³-hybridized carbons (Fsp3) is 0.786. The van der Waals surface area contributed by atoms with Gasteiger partial charge >= 0.3 is 17.9 Å². The Morgan fingerprint density at radius 2 is 1.75 bits per heavy atom. The third kappa shape index (κ3) is 9.35. The Labute approximate surface area is 119 Å². The van der Waals surface area contributed by atoms with E-state index in [4.69, 9.17) is 14.2 Å². The van der Waals surface area contributed by atoms with Crippen molar-refractivity contribution in [3.8, 4) is 0 Å². The topological polar surface area (TPSA) is 78.9 Å². The van der Waals surface area contributed by atoms with Crippen molar-refractivity contribution < 1.29 is 28.6 Å². The van der Waals surface area contributed by atoms with Crippen LogP contribution in [-0.4, -0.2) is 36.2 Å². The lowest BCUT2D eigenvalue weighted by molar-refractivity contribution is -0.173. The molecule has 0 bridgehead atoms. The van der Waals surface area contributed by atoms with Crippen LogP contribution >= 0.6 is 0 Å². The molecule has 0 aliphatic carbocycles. The summed E-state index contributed by atoms with van der Waals surface area (Å²) in [5, 5.41) is 0. The maximum absolute atomic E-state index is 11.7. The molecule has 116 valence electrons. The third-order valence-electron chi connectivity index (χ3n) is 2.09. The van der Waals surface area contributed by atoms with Gasteiger partial charge in [0.1, 0.15) is 5.60 Å². The smallest absolute Gasteiger partial charge is 0.348 e. The van der Waals surface area contributed by atoms with Crippen LogP contribution in [0.5, 0.6) is 0 Å². The fourth-order valence-corrected chi connectivity index (χ4v) is 1.32. The standard InChI is InChI=1S/C14H24O6/c1-6-7-8-18-13(17)11(19-10(2)15)9-12(16)20-14(3,4)5/h11H,6-9H2,1-5H3/t11-/m1/s1. The summed E-state index contributed by atoms with van der Waals surface area (Å²) in [4.78, 5) is 34.4. The van der Waals surface area contributed by atoms with E-state index in [9.17, 15) is 14.4 Å². The van der Waals surface area contributed by atoms with E-state index in [-0.39, 0.29) is 13.0 Å². The van der Waals surface area contributed by atoms with Gasteiger partial charge in [-0.05, 0) is 27.2 Å². The summed E-state index contributed by atoms with van der Waals surface area (Å²) in [6.07, 6.45) is -0.0103. The molecule has 0 N–H and O–H groups in total. The van der Waals surface area contributed by atoms with Gasteiger partial charge in [-0.2, -0.15) is 0 Å². The molecule has 20 heavy (non-hydrogen) atoms. The van der Waals surface area contributed by atoms with E-state index in [2.05, 4.69) is 0 Å². The van der Waals surface area contributed by atoms with Crippen LogP contribution in [0, 0.1) is 0 Å². The lowest BCUT2D eigenvalue weighted by atomic mass is 10.2. The van der Waals surface area contributed by atoms with E-state index in [1.54, 1.807) is 20.8 Å². The summed E-state index contributed by atoms with van der Waals surface area (Å²) in [5.41, 5.74) is -0.663. The van der Waals surface area contributed by atoms with E-state index < -0.39 is 29.6 Å². The number of unbranched alkanes of at least 4 members (excludes halogenated alkanes) is 1. The maximum atomic E-state index is 11.7. The summed E-state index contributed by atoms with van der Waals surface area (Å²) in [6, 6.07) is 0. The highest BCUT2D eigenvalue weighted by Gasteiger charge is 2.29. The minimum atomic E-state index is -1.25. The molecule has 0 aliphatic rings. The lowest BCUT2D eigenvalue weighted by Crippen LogP contribution is -2.34. The molecule has 0 unspecified atom stereocenters. The molecule has 0 saturated carbocycles. The highest BCUT2D eigenvalue weighted by Crippen LogP contribution is 2.12. The number of esters is 3. The fourth-order valence-electron chi connectivity index (χ4n) is 1.32. The minimum Gasteiger partial charge on any atom is -0.463 e. The first-order valence-electron chi connectivity index (χ1n) is 6.71. The zero-order valence-electron chi connectivity index (χ0n) is 12.9. The van der Waals surface area contributed by atoms with Crippen molar-refractivity contribution in [2.75, 3.05) is 6.61 Å². The van der Waals surface area contributed by atoms with Crippen LogP contribution in [0.3, 0.4) is 0 Å². The van der Waals surface area contributed by atoms with Crippen molar-refractivity contribution in [1.82, 2.24) is 0 Å². The highest BCUT2D eigenvalue weighted by molar-refractivity contribution is 5.84. The van der Waals surface area contributed by atoms with Gasteiger partial charge in [-0.15, -0.1) is 0 Å². The maximum Gasteiger partial charge on any atom is 0.348 e. The predicted octanol–water partition coefficient (Wildman–Crippen LogP) is 1.99. The number of carbonyl (C=O) groups is 3. The third-order valence-corrected chi connectivity index (χ3v) is 2.09. The Kier molecular flexibility index (Phi) is 7.87. The van der Waals surface area contributed by atoms with Crippen LogP contribution in [0.25, 0.3) is 0 Å². The van der Waals surface area contributed by atoms with Crippen LogP contribution < -0.4 is 0 Å².